The van der Waals surface area contributed by atoms with Gasteiger partial charge in [0.1, 0.15) is 0 Å². The Morgan fingerprint density at radius 2 is 1.89 bits per heavy atom. The van der Waals surface area contributed by atoms with Crippen molar-refractivity contribution >= 4 is 27.5 Å². The first-order chi connectivity index (χ1) is 8.41. The molecule has 3 heteroatoms. The first kappa shape index (κ1) is 14.4. The maximum absolute atomic E-state index is 6.61. The van der Waals surface area contributed by atoms with Crippen LogP contribution in [0, 0.1) is 11.8 Å². The van der Waals surface area contributed by atoms with Crippen molar-refractivity contribution in [1.82, 2.24) is 0 Å². The average molecular weight is 331 g/mol. The molecule has 1 saturated carbocycles. The van der Waals surface area contributed by atoms with Gasteiger partial charge in [-0.05, 0) is 49.3 Å². The molecule has 0 aliphatic heterocycles. The topological polar surface area (TPSA) is 26.0 Å². The van der Waals surface area contributed by atoms with Gasteiger partial charge in [0.2, 0.25) is 0 Å². The van der Waals surface area contributed by atoms with Crippen LogP contribution in [-0.4, -0.2) is 0 Å². The van der Waals surface area contributed by atoms with E-state index in [0.29, 0.717) is 5.92 Å². The molecule has 2 rings (SSSR count). The fraction of sp³-hybridized carbons (Fsp3) is 0.600. The number of rotatable bonds is 2. The van der Waals surface area contributed by atoms with Crippen LogP contribution in [0.15, 0.2) is 22.7 Å². The van der Waals surface area contributed by atoms with Crippen LogP contribution in [-0.2, 0) is 5.54 Å². The lowest BCUT2D eigenvalue weighted by atomic mass is 9.70. The second-order valence-electron chi connectivity index (χ2n) is 5.86. The van der Waals surface area contributed by atoms with Gasteiger partial charge in [-0.2, -0.15) is 0 Å². The van der Waals surface area contributed by atoms with E-state index in [0.717, 1.165) is 21.0 Å². The van der Waals surface area contributed by atoms with Crippen LogP contribution in [0.4, 0.5) is 0 Å². The molecule has 1 fully saturated rings. The minimum Gasteiger partial charge on any atom is -0.321 e. The number of nitrogens with two attached hydrogens (primary N) is 1. The summed E-state index contributed by atoms with van der Waals surface area (Å²) in [5.74, 6) is 1.38. The van der Waals surface area contributed by atoms with Crippen molar-refractivity contribution in [2.24, 2.45) is 17.6 Å². The summed E-state index contributed by atoms with van der Waals surface area (Å²) in [6.07, 6.45) is 4.98. The summed E-state index contributed by atoms with van der Waals surface area (Å²) in [6.45, 7) is 4.46. The summed E-state index contributed by atoms with van der Waals surface area (Å²) in [4.78, 5) is 0. The number of halogens is 2. The van der Waals surface area contributed by atoms with E-state index in [1.54, 1.807) is 0 Å². The molecule has 1 aromatic carbocycles. The van der Waals surface area contributed by atoms with Gasteiger partial charge in [-0.25, -0.2) is 0 Å². The highest BCUT2D eigenvalue weighted by Crippen LogP contribution is 2.41. The molecule has 1 aliphatic carbocycles. The van der Waals surface area contributed by atoms with Gasteiger partial charge >= 0.3 is 0 Å². The number of benzene rings is 1. The lowest BCUT2D eigenvalue weighted by Crippen LogP contribution is -2.43. The first-order valence-electron chi connectivity index (χ1n) is 6.65. The summed E-state index contributed by atoms with van der Waals surface area (Å²) in [5.41, 5.74) is 7.36. The van der Waals surface area contributed by atoms with E-state index >= 15 is 0 Å². The predicted octanol–water partition coefficient (Wildman–Crippen LogP) is 5.10. The third kappa shape index (κ3) is 2.92. The molecule has 1 aliphatic rings. The molecule has 0 amide bonds. The molecule has 0 aromatic heterocycles. The molecule has 18 heavy (non-hydrogen) atoms. The molecule has 100 valence electrons. The van der Waals surface area contributed by atoms with Gasteiger partial charge in [-0.3, -0.25) is 0 Å². The van der Waals surface area contributed by atoms with Crippen molar-refractivity contribution in [3.8, 4) is 0 Å². The molecular weight excluding hydrogens is 310 g/mol. The highest BCUT2D eigenvalue weighted by atomic mass is 79.9. The minimum atomic E-state index is -0.322. The van der Waals surface area contributed by atoms with E-state index in [2.05, 4.69) is 35.8 Å². The highest BCUT2D eigenvalue weighted by molar-refractivity contribution is 9.10. The normalized spacial score (nSPS) is 27.8. The van der Waals surface area contributed by atoms with E-state index in [1.807, 2.05) is 12.1 Å². The summed E-state index contributed by atoms with van der Waals surface area (Å²) in [5, 5.41) is 0.771. The molecule has 1 atom stereocenters. The summed E-state index contributed by atoms with van der Waals surface area (Å²) in [7, 11) is 0. The van der Waals surface area contributed by atoms with Gasteiger partial charge in [0, 0.05) is 15.0 Å². The van der Waals surface area contributed by atoms with Gasteiger partial charge in [0.15, 0.2) is 0 Å². The Balaban J connectivity index is 2.24. The Kier molecular flexibility index (Phi) is 4.40. The van der Waals surface area contributed by atoms with E-state index < -0.39 is 0 Å². The van der Waals surface area contributed by atoms with Crippen molar-refractivity contribution in [2.45, 2.75) is 45.1 Å². The lowest BCUT2D eigenvalue weighted by molar-refractivity contribution is 0.193. The lowest BCUT2D eigenvalue weighted by Gasteiger charge is -2.39. The van der Waals surface area contributed by atoms with Crippen LogP contribution in [0.5, 0.6) is 0 Å². The molecule has 1 aromatic rings. The van der Waals surface area contributed by atoms with Crippen molar-refractivity contribution in [3.05, 3.63) is 33.3 Å². The second kappa shape index (κ2) is 5.52. The zero-order valence-electron chi connectivity index (χ0n) is 11.0. The zero-order valence-corrected chi connectivity index (χ0v) is 13.4. The monoisotopic (exact) mass is 329 g/mol. The van der Waals surface area contributed by atoms with Crippen LogP contribution < -0.4 is 5.73 Å². The standard InChI is InChI=1S/C15H21BrClN/c1-10-3-5-11(6-4-10)15(2,18)13-8-7-12(16)9-14(13)17/h7-11H,3-6,18H2,1-2H3. The van der Waals surface area contributed by atoms with E-state index in [-0.39, 0.29) is 5.54 Å². The second-order valence-corrected chi connectivity index (χ2v) is 7.19. The van der Waals surface area contributed by atoms with Gasteiger partial charge in [-0.15, -0.1) is 0 Å². The highest BCUT2D eigenvalue weighted by Gasteiger charge is 2.35. The van der Waals surface area contributed by atoms with Gasteiger partial charge in [0.05, 0.1) is 0 Å². The van der Waals surface area contributed by atoms with Crippen molar-refractivity contribution in [2.75, 3.05) is 0 Å². The maximum Gasteiger partial charge on any atom is 0.0467 e. The summed E-state index contributed by atoms with van der Waals surface area (Å²) in [6, 6.07) is 6.02. The number of hydrogen-bond acceptors (Lipinski definition) is 1. The molecule has 0 spiro atoms. The minimum absolute atomic E-state index is 0.322. The Labute approximate surface area is 123 Å². The van der Waals surface area contributed by atoms with Crippen LogP contribution >= 0.6 is 27.5 Å². The van der Waals surface area contributed by atoms with E-state index in [1.165, 1.54) is 25.7 Å². The Morgan fingerprint density at radius 1 is 1.28 bits per heavy atom. The third-order valence-electron chi connectivity index (χ3n) is 4.38. The Morgan fingerprint density at radius 3 is 2.44 bits per heavy atom. The quantitative estimate of drug-likeness (QED) is 0.802. The van der Waals surface area contributed by atoms with E-state index in [4.69, 9.17) is 17.3 Å². The molecule has 1 nitrogen and oxygen atoms in total. The first-order valence-corrected chi connectivity index (χ1v) is 7.82. The molecule has 0 saturated heterocycles. The molecular formula is C15H21BrClN. The van der Waals surface area contributed by atoms with Crippen LogP contribution in [0.25, 0.3) is 0 Å². The Bertz CT molecular complexity index is 423. The van der Waals surface area contributed by atoms with Crippen LogP contribution in [0.1, 0.15) is 45.1 Å². The largest absolute Gasteiger partial charge is 0.321 e. The Hall–Kier alpha value is -0.0500. The fourth-order valence-electron chi connectivity index (χ4n) is 3.01. The number of hydrogen-bond donors (Lipinski definition) is 1. The van der Waals surface area contributed by atoms with Crippen molar-refractivity contribution in [3.63, 3.8) is 0 Å². The molecule has 0 bridgehead atoms. The zero-order chi connectivity index (χ0) is 13.3. The van der Waals surface area contributed by atoms with Gasteiger partial charge in [-0.1, -0.05) is 53.4 Å². The van der Waals surface area contributed by atoms with Crippen molar-refractivity contribution < 1.29 is 0 Å². The average Bonchev–Trinajstić information content (AvgIpc) is 2.29. The third-order valence-corrected chi connectivity index (χ3v) is 5.18. The fourth-order valence-corrected chi connectivity index (χ4v) is 3.88. The van der Waals surface area contributed by atoms with Crippen LogP contribution in [0.2, 0.25) is 5.02 Å². The van der Waals surface area contributed by atoms with Gasteiger partial charge < -0.3 is 5.73 Å². The molecule has 2 N–H and O–H groups in total. The maximum atomic E-state index is 6.61. The molecule has 0 radical (unpaired) electrons. The van der Waals surface area contributed by atoms with E-state index in [9.17, 15) is 0 Å². The summed E-state index contributed by atoms with van der Waals surface area (Å²) < 4.78 is 1.00. The predicted molar refractivity (Wildman–Crippen MR) is 81.8 cm³/mol. The molecule has 1 unspecified atom stereocenters. The SMILES string of the molecule is CC1CCC(C(C)(N)c2ccc(Br)cc2Cl)CC1. The molecule has 0 heterocycles. The summed E-state index contributed by atoms with van der Waals surface area (Å²) >= 11 is 9.79. The smallest absolute Gasteiger partial charge is 0.0467 e. The van der Waals surface area contributed by atoms with Gasteiger partial charge in [0.25, 0.3) is 0 Å². The van der Waals surface area contributed by atoms with Crippen molar-refractivity contribution in [1.29, 1.82) is 0 Å². The van der Waals surface area contributed by atoms with Crippen LogP contribution in [0.3, 0.4) is 0 Å².